The molecule has 0 radical (unpaired) electrons. The number of carbonyl (C=O) groups is 3. The summed E-state index contributed by atoms with van der Waals surface area (Å²) >= 11 is 1.40. The Bertz CT molecular complexity index is 1110. The molecule has 12 heteroatoms. The van der Waals surface area contributed by atoms with Gasteiger partial charge in [0.2, 0.25) is 0 Å². The molecular weight excluding hydrogens is 460 g/mol. The number of hydrogen-bond acceptors (Lipinski definition) is 9. The second kappa shape index (κ2) is 9.77. The summed E-state index contributed by atoms with van der Waals surface area (Å²) in [7, 11) is 0. The average Bonchev–Trinajstić information content (AvgIpc) is 3.40. The van der Waals surface area contributed by atoms with Crippen molar-refractivity contribution in [2.75, 3.05) is 25.0 Å². The smallest absolute Gasteiger partial charge is 0.407 e. The molecule has 2 aliphatic heterocycles. The summed E-state index contributed by atoms with van der Waals surface area (Å²) in [6.07, 6.45) is 3.00. The Kier molecular flexibility index (Phi) is 6.80. The number of carboxylic acid groups (broad SMARTS) is 1. The molecule has 11 nitrogen and oxygen atoms in total. The van der Waals surface area contributed by atoms with Crippen LogP contribution in [-0.2, 0) is 20.9 Å². The van der Waals surface area contributed by atoms with E-state index >= 15 is 0 Å². The van der Waals surface area contributed by atoms with Gasteiger partial charge in [0.15, 0.2) is 5.13 Å². The summed E-state index contributed by atoms with van der Waals surface area (Å²) in [5.41, 5.74) is 6.32. The zero-order valence-electron chi connectivity index (χ0n) is 18.6. The van der Waals surface area contributed by atoms with E-state index in [1.807, 2.05) is 11.4 Å². The summed E-state index contributed by atoms with van der Waals surface area (Å²) < 4.78 is 5.38. The van der Waals surface area contributed by atoms with E-state index in [1.165, 1.54) is 16.2 Å². The zero-order valence-corrected chi connectivity index (χ0v) is 19.4. The molecule has 2 saturated heterocycles. The van der Waals surface area contributed by atoms with Crippen molar-refractivity contribution in [2.24, 2.45) is 11.1 Å². The third kappa shape index (κ3) is 4.73. The SMILES string of the molecule is C[C@@]1(COC(=O)NCc2csc(NCCN)n2)CC2/C(=C\c3ccccn3)C(=O)N2[C@H]1C(=O)O. The Morgan fingerprint density at radius 3 is 2.97 bits per heavy atom. The number of aromatic nitrogens is 2. The Balaban J connectivity index is 1.37. The number of pyridine rings is 1. The van der Waals surface area contributed by atoms with Gasteiger partial charge in [-0.2, -0.15) is 0 Å². The second-order valence-corrected chi connectivity index (χ2v) is 9.33. The molecule has 4 rings (SSSR count). The number of thiazole rings is 1. The monoisotopic (exact) mass is 486 g/mol. The molecule has 1 unspecified atom stereocenters. The molecule has 2 aromatic heterocycles. The van der Waals surface area contributed by atoms with E-state index in [2.05, 4.69) is 20.6 Å². The van der Waals surface area contributed by atoms with E-state index in [0.29, 0.717) is 41.6 Å². The van der Waals surface area contributed by atoms with Gasteiger partial charge in [-0.25, -0.2) is 14.6 Å². The number of anilines is 1. The van der Waals surface area contributed by atoms with Crippen molar-refractivity contribution in [2.45, 2.75) is 32.0 Å². The third-order valence-electron chi connectivity index (χ3n) is 5.92. The van der Waals surface area contributed by atoms with Crippen LogP contribution in [0.5, 0.6) is 0 Å². The summed E-state index contributed by atoms with van der Waals surface area (Å²) in [4.78, 5) is 47.0. The van der Waals surface area contributed by atoms with Gasteiger partial charge < -0.3 is 31.1 Å². The van der Waals surface area contributed by atoms with Crippen molar-refractivity contribution in [3.05, 3.63) is 46.7 Å². The van der Waals surface area contributed by atoms with Crippen molar-refractivity contribution >= 4 is 40.5 Å². The van der Waals surface area contributed by atoms with E-state index < -0.39 is 23.5 Å². The molecule has 0 saturated carbocycles. The maximum atomic E-state index is 12.7. The molecule has 34 heavy (non-hydrogen) atoms. The molecule has 0 aromatic carbocycles. The topological polar surface area (TPSA) is 160 Å². The minimum atomic E-state index is -1.13. The van der Waals surface area contributed by atoms with Gasteiger partial charge in [-0.05, 0) is 24.6 Å². The molecule has 2 fully saturated rings. The number of nitrogens with two attached hydrogens (primary N) is 1. The first kappa shape index (κ1) is 23.6. The second-order valence-electron chi connectivity index (χ2n) is 8.47. The fraction of sp³-hybridized carbons (Fsp3) is 0.409. The van der Waals surface area contributed by atoms with E-state index in [-0.39, 0.29) is 25.1 Å². The van der Waals surface area contributed by atoms with Crippen LogP contribution < -0.4 is 16.4 Å². The number of ether oxygens (including phenoxy) is 1. The number of β-lactam (4-membered cyclic amide) rings is 1. The molecule has 4 heterocycles. The van der Waals surface area contributed by atoms with Crippen LogP contribution in [0.25, 0.3) is 6.08 Å². The summed E-state index contributed by atoms with van der Waals surface area (Å²) in [5.74, 6) is -1.46. The van der Waals surface area contributed by atoms with Gasteiger partial charge in [-0.3, -0.25) is 9.78 Å². The molecule has 0 aliphatic carbocycles. The molecule has 180 valence electrons. The highest BCUT2D eigenvalue weighted by atomic mass is 32.1. The van der Waals surface area contributed by atoms with E-state index in [9.17, 15) is 19.5 Å². The van der Waals surface area contributed by atoms with Crippen LogP contribution in [-0.4, -0.2) is 69.7 Å². The van der Waals surface area contributed by atoms with Crippen LogP contribution in [0.2, 0.25) is 0 Å². The van der Waals surface area contributed by atoms with Gasteiger partial charge in [0.05, 0.1) is 24.0 Å². The first-order valence-electron chi connectivity index (χ1n) is 10.8. The Hall–Kier alpha value is -3.51. The summed E-state index contributed by atoms with van der Waals surface area (Å²) in [5, 5.41) is 18.1. The van der Waals surface area contributed by atoms with Crippen LogP contribution in [0, 0.1) is 5.41 Å². The zero-order chi connectivity index (χ0) is 24.3. The highest BCUT2D eigenvalue weighted by Gasteiger charge is 2.62. The fourth-order valence-electron chi connectivity index (χ4n) is 4.34. The van der Waals surface area contributed by atoms with Crippen LogP contribution in [0.3, 0.4) is 0 Å². The van der Waals surface area contributed by atoms with Crippen molar-refractivity contribution in [1.82, 2.24) is 20.2 Å². The van der Waals surface area contributed by atoms with Gasteiger partial charge in [-0.15, -0.1) is 11.3 Å². The molecule has 5 N–H and O–H groups in total. The summed E-state index contributed by atoms with van der Waals surface area (Å²) in [6.45, 7) is 2.83. The van der Waals surface area contributed by atoms with Crippen molar-refractivity contribution in [3.63, 3.8) is 0 Å². The highest BCUT2D eigenvalue weighted by Crippen LogP contribution is 2.49. The lowest BCUT2D eigenvalue weighted by molar-refractivity contribution is -0.155. The molecule has 2 aromatic rings. The number of carboxylic acids is 1. The number of hydrogen-bond donors (Lipinski definition) is 4. The number of carbonyl (C=O) groups excluding carboxylic acids is 2. The lowest BCUT2D eigenvalue weighted by Gasteiger charge is -2.40. The minimum absolute atomic E-state index is 0.146. The normalized spacial score (nSPS) is 24.5. The Morgan fingerprint density at radius 1 is 1.44 bits per heavy atom. The Morgan fingerprint density at radius 2 is 2.26 bits per heavy atom. The van der Waals surface area contributed by atoms with Crippen molar-refractivity contribution in [1.29, 1.82) is 0 Å². The third-order valence-corrected chi connectivity index (χ3v) is 6.77. The number of nitrogens with zero attached hydrogens (tertiary/aromatic N) is 3. The van der Waals surface area contributed by atoms with Crippen LogP contribution in [0.1, 0.15) is 24.7 Å². The Labute approximate surface area is 200 Å². The van der Waals surface area contributed by atoms with E-state index in [0.717, 1.165) is 0 Å². The lowest BCUT2D eigenvalue weighted by atomic mass is 9.81. The predicted octanol–water partition coefficient (Wildman–Crippen LogP) is 1.29. The molecule has 0 bridgehead atoms. The number of nitrogens with one attached hydrogen (secondary N) is 2. The number of alkyl carbamates (subject to hydrolysis) is 1. The number of amides is 2. The van der Waals surface area contributed by atoms with Crippen LogP contribution >= 0.6 is 11.3 Å². The molecule has 3 atom stereocenters. The average molecular weight is 487 g/mol. The van der Waals surface area contributed by atoms with Gasteiger partial charge in [0.1, 0.15) is 12.6 Å². The largest absolute Gasteiger partial charge is 0.480 e. The number of fused-ring (bicyclic) bond motifs is 1. The lowest BCUT2D eigenvalue weighted by Crippen LogP contribution is -2.58. The standard InChI is InChI=1S/C22H26N6O5S/c1-22(12-33-21(32)26-10-14-11-34-20(27-14)25-7-5-23)9-16-15(8-13-4-2-3-6-24-13)18(29)28(16)17(22)19(30)31/h2-4,6,8,11,16-17H,5,7,9-10,12,23H2,1H3,(H,25,27)(H,26,32)(H,30,31)/b15-8+/t16?,17-,22-/m0/s1. The van der Waals surface area contributed by atoms with Gasteiger partial charge in [-0.1, -0.05) is 13.0 Å². The van der Waals surface area contributed by atoms with Gasteiger partial charge >= 0.3 is 12.1 Å². The molecule has 2 aliphatic rings. The summed E-state index contributed by atoms with van der Waals surface area (Å²) in [6, 6.07) is 3.92. The molecular formula is C22H26N6O5S. The molecule has 0 spiro atoms. The maximum Gasteiger partial charge on any atom is 0.407 e. The minimum Gasteiger partial charge on any atom is -0.480 e. The van der Waals surface area contributed by atoms with Crippen molar-refractivity contribution < 1.29 is 24.2 Å². The van der Waals surface area contributed by atoms with E-state index in [4.69, 9.17) is 10.5 Å². The van der Waals surface area contributed by atoms with Gasteiger partial charge in [0, 0.05) is 35.7 Å². The fourth-order valence-corrected chi connectivity index (χ4v) is 5.08. The number of rotatable bonds is 9. The molecule has 2 amide bonds. The first-order chi connectivity index (χ1) is 16.3. The van der Waals surface area contributed by atoms with Crippen LogP contribution in [0.15, 0.2) is 35.3 Å². The van der Waals surface area contributed by atoms with Crippen molar-refractivity contribution in [3.8, 4) is 0 Å². The van der Waals surface area contributed by atoms with Crippen LogP contribution in [0.4, 0.5) is 9.93 Å². The highest BCUT2D eigenvalue weighted by molar-refractivity contribution is 7.13. The number of aliphatic carboxylic acids is 1. The first-order valence-corrected chi connectivity index (χ1v) is 11.7. The maximum absolute atomic E-state index is 12.7. The quantitative estimate of drug-likeness (QED) is 0.302. The van der Waals surface area contributed by atoms with Gasteiger partial charge in [0.25, 0.3) is 5.91 Å². The van der Waals surface area contributed by atoms with E-state index in [1.54, 1.807) is 31.3 Å². The predicted molar refractivity (Wildman–Crippen MR) is 125 cm³/mol.